The lowest BCUT2D eigenvalue weighted by Crippen LogP contribution is -1.96. The molecule has 0 unspecified atom stereocenters. The summed E-state index contributed by atoms with van der Waals surface area (Å²) >= 11 is 0. The summed E-state index contributed by atoms with van der Waals surface area (Å²) in [6, 6.07) is 13.1. The van der Waals surface area contributed by atoms with E-state index in [-0.39, 0.29) is 12.6 Å². The molecule has 2 aromatic heterocycles. The molecule has 6 nitrogen and oxygen atoms in total. The zero-order valence-electron chi connectivity index (χ0n) is 11.0. The number of aliphatic hydroxyl groups excluding tert-OH is 1. The summed E-state index contributed by atoms with van der Waals surface area (Å²) in [4.78, 5) is 8.28. The highest BCUT2D eigenvalue weighted by Crippen LogP contribution is 2.19. The first kappa shape index (κ1) is 13.1. The molecule has 1 N–H and O–H groups in total. The summed E-state index contributed by atoms with van der Waals surface area (Å²) in [5.74, 6) is 0.678. The highest BCUT2D eigenvalue weighted by atomic mass is 16.5. The molecule has 0 bridgehead atoms. The fraction of sp³-hybridized carbons (Fsp3) is 0.0667. The molecule has 0 aliphatic rings. The van der Waals surface area contributed by atoms with Crippen molar-refractivity contribution in [2.45, 2.75) is 6.61 Å². The third-order valence-corrected chi connectivity index (χ3v) is 2.76. The van der Waals surface area contributed by atoms with E-state index in [9.17, 15) is 0 Å². The number of benzene rings is 1. The molecule has 104 valence electrons. The largest absolute Gasteiger partial charge is 0.424 e. The van der Waals surface area contributed by atoms with Crippen LogP contribution >= 0.6 is 0 Å². The van der Waals surface area contributed by atoms with E-state index in [1.54, 1.807) is 24.5 Å². The second-order valence-electron chi connectivity index (χ2n) is 4.24. The molecule has 0 aliphatic heterocycles. The summed E-state index contributed by atoms with van der Waals surface area (Å²) in [5, 5.41) is 16.8. The lowest BCUT2D eigenvalue weighted by atomic mass is 10.2. The van der Waals surface area contributed by atoms with Gasteiger partial charge in [0.05, 0.1) is 18.0 Å². The average molecular weight is 280 g/mol. The number of rotatable bonds is 4. The first-order valence-electron chi connectivity index (χ1n) is 6.34. The highest BCUT2D eigenvalue weighted by molar-refractivity contribution is 5.55. The van der Waals surface area contributed by atoms with Gasteiger partial charge in [-0.3, -0.25) is 0 Å². The Kier molecular flexibility index (Phi) is 3.79. The van der Waals surface area contributed by atoms with E-state index < -0.39 is 0 Å². The zero-order chi connectivity index (χ0) is 14.5. The van der Waals surface area contributed by atoms with E-state index >= 15 is 0 Å². The minimum absolute atomic E-state index is 0.131. The number of aliphatic hydroxyl groups is 1. The van der Waals surface area contributed by atoms with Crippen LogP contribution in [0.2, 0.25) is 0 Å². The molecule has 1 aromatic carbocycles. The molecule has 0 radical (unpaired) electrons. The normalized spacial score (nSPS) is 10.3. The maximum absolute atomic E-state index is 8.93. The van der Waals surface area contributed by atoms with E-state index in [1.165, 1.54) is 0 Å². The summed E-state index contributed by atoms with van der Waals surface area (Å²) in [6.45, 7) is -0.131. The van der Waals surface area contributed by atoms with Crippen molar-refractivity contribution in [1.29, 1.82) is 0 Å². The van der Waals surface area contributed by atoms with Crippen molar-refractivity contribution in [3.63, 3.8) is 0 Å². The van der Waals surface area contributed by atoms with Crippen LogP contribution < -0.4 is 4.74 Å². The van der Waals surface area contributed by atoms with Crippen molar-refractivity contribution in [2.75, 3.05) is 0 Å². The second-order valence-corrected chi connectivity index (χ2v) is 4.24. The maximum Gasteiger partial charge on any atom is 0.321 e. The van der Waals surface area contributed by atoms with Gasteiger partial charge in [0.1, 0.15) is 5.75 Å². The summed E-state index contributed by atoms with van der Waals surface area (Å²) in [6.07, 6.45) is 3.24. The Morgan fingerprint density at radius 3 is 2.29 bits per heavy atom. The molecule has 0 fully saturated rings. The molecule has 3 aromatic rings. The molecule has 3 rings (SSSR count). The molecule has 21 heavy (non-hydrogen) atoms. The molecule has 0 spiro atoms. The van der Waals surface area contributed by atoms with Gasteiger partial charge in [-0.25, -0.2) is 9.97 Å². The number of para-hydroxylation sites is 1. The SMILES string of the molecule is OCc1ccc(-c2cnc(Oc3ccccc3)nc2)nn1. The van der Waals surface area contributed by atoms with Crippen LogP contribution in [0.1, 0.15) is 5.69 Å². The molecule has 0 atom stereocenters. The molecule has 0 saturated carbocycles. The van der Waals surface area contributed by atoms with Gasteiger partial charge in [0.25, 0.3) is 0 Å². The molecule has 0 aliphatic carbocycles. The van der Waals surface area contributed by atoms with Crippen molar-refractivity contribution in [3.8, 4) is 23.0 Å². The quantitative estimate of drug-likeness (QED) is 0.789. The number of hydrogen-bond acceptors (Lipinski definition) is 6. The van der Waals surface area contributed by atoms with Crippen LogP contribution in [-0.2, 0) is 6.61 Å². The Morgan fingerprint density at radius 2 is 1.67 bits per heavy atom. The van der Waals surface area contributed by atoms with Crippen molar-refractivity contribution in [2.24, 2.45) is 0 Å². The van der Waals surface area contributed by atoms with E-state index in [1.807, 2.05) is 30.3 Å². The lowest BCUT2D eigenvalue weighted by molar-refractivity contribution is 0.275. The Morgan fingerprint density at radius 1 is 0.905 bits per heavy atom. The minimum Gasteiger partial charge on any atom is -0.424 e. The van der Waals surface area contributed by atoms with Crippen molar-refractivity contribution in [1.82, 2.24) is 20.2 Å². The maximum atomic E-state index is 8.93. The van der Waals surface area contributed by atoms with Crippen LogP contribution in [0.4, 0.5) is 0 Å². The Bertz CT molecular complexity index is 700. The number of aromatic nitrogens is 4. The van der Waals surface area contributed by atoms with Crippen LogP contribution in [0.5, 0.6) is 11.8 Å². The third kappa shape index (κ3) is 3.18. The van der Waals surface area contributed by atoms with Crippen LogP contribution in [0.15, 0.2) is 54.9 Å². The molecular weight excluding hydrogens is 268 g/mol. The van der Waals surface area contributed by atoms with Crippen LogP contribution in [0, 0.1) is 0 Å². The molecule has 0 amide bonds. The number of ether oxygens (including phenoxy) is 1. The smallest absolute Gasteiger partial charge is 0.321 e. The summed E-state index contributed by atoms with van der Waals surface area (Å²) in [5.41, 5.74) is 1.88. The van der Waals surface area contributed by atoms with Gasteiger partial charge in [-0.2, -0.15) is 10.2 Å². The summed E-state index contributed by atoms with van der Waals surface area (Å²) in [7, 11) is 0. The van der Waals surface area contributed by atoms with E-state index in [0.29, 0.717) is 17.1 Å². The van der Waals surface area contributed by atoms with Gasteiger partial charge in [-0.15, -0.1) is 0 Å². The van der Waals surface area contributed by atoms with Crippen molar-refractivity contribution < 1.29 is 9.84 Å². The Hall–Kier alpha value is -2.86. The van der Waals surface area contributed by atoms with Gasteiger partial charge in [0.15, 0.2) is 0 Å². The van der Waals surface area contributed by atoms with Gasteiger partial charge in [-0.1, -0.05) is 18.2 Å². The van der Waals surface area contributed by atoms with Crippen LogP contribution in [0.3, 0.4) is 0 Å². The fourth-order valence-corrected chi connectivity index (χ4v) is 1.69. The molecule has 0 saturated heterocycles. The van der Waals surface area contributed by atoms with Gasteiger partial charge in [-0.05, 0) is 24.3 Å². The Labute approximate surface area is 121 Å². The lowest BCUT2D eigenvalue weighted by Gasteiger charge is -2.04. The predicted molar refractivity (Wildman–Crippen MR) is 75.5 cm³/mol. The van der Waals surface area contributed by atoms with Gasteiger partial charge in [0.2, 0.25) is 0 Å². The minimum atomic E-state index is -0.131. The van der Waals surface area contributed by atoms with E-state index in [4.69, 9.17) is 9.84 Å². The van der Waals surface area contributed by atoms with Crippen LogP contribution in [-0.4, -0.2) is 25.3 Å². The topological polar surface area (TPSA) is 81.0 Å². The molecule has 6 heteroatoms. The van der Waals surface area contributed by atoms with E-state index in [0.717, 1.165) is 5.56 Å². The van der Waals surface area contributed by atoms with Gasteiger partial charge < -0.3 is 9.84 Å². The molecule has 2 heterocycles. The number of nitrogens with zero attached hydrogens (tertiary/aromatic N) is 4. The summed E-state index contributed by atoms with van der Waals surface area (Å²) < 4.78 is 5.51. The first-order valence-corrected chi connectivity index (χ1v) is 6.34. The standard InChI is InChI=1S/C15H12N4O2/c20-10-12-6-7-14(19-18-12)11-8-16-15(17-9-11)21-13-4-2-1-3-5-13/h1-9,20H,10H2. The first-order chi connectivity index (χ1) is 10.3. The van der Waals surface area contributed by atoms with Crippen molar-refractivity contribution in [3.05, 3.63) is 60.6 Å². The number of hydrogen-bond donors (Lipinski definition) is 1. The van der Waals surface area contributed by atoms with Gasteiger partial charge >= 0.3 is 6.01 Å². The highest BCUT2D eigenvalue weighted by Gasteiger charge is 2.04. The average Bonchev–Trinajstić information content (AvgIpc) is 2.57. The fourth-order valence-electron chi connectivity index (χ4n) is 1.69. The third-order valence-electron chi connectivity index (χ3n) is 2.76. The zero-order valence-corrected chi connectivity index (χ0v) is 11.0. The Balaban J connectivity index is 1.77. The van der Waals surface area contributed by atoms with Gasteiger partial charge in [0, 0.05) is 18.0 Å². The van der Waals surface area contributed by atoms with E-state index in [2.05, 4.69) is 20.2 Å². The molecular formula is C15H12N4O2. The monoisotopic (exact) mass is 280 g/mol. The second kappa shape index (κ2) is 6.06. The van der Waals surface area contributed by atoms with Crippen molar-refractivity contribution >= 4 is 0 Å². The van der Waals surface area contributed by atoms with Crippen LogP contribution in [0.25, 0.3) is 11.3 Å². The predicted octanol–water partition coefficient (Wildman–Crippen LogP) is 2.22.